The molecule has 0 aromatic carbocycles. The number of thiazole rings is 1. The zero-order chi connectivity index (χ0) is 19.3. The van der Waals surface area contributed by atoms with Gasteiger partial charge in [0.1, 0.15) is 0 Å². The quantitative estimate of drug-likeness (QED) is 0.610. The lowest BCUT2D eigenvalue weighted by Crippen LogP contribution is -2.23. The highest BCUT2D eigenvalue weighted by molar-refractivity contribution is 7.12. The van der Waals surface area contributed by atoms with Gasteiger partial charge in [0, 0.05) is 17.9 Å². The van der Waals surface area contributed by atoms with Crippen molar-refractivity contribution in [3.05, 3.63) is 40.8 Å². The highest BCUT2D eigenvalue weighted by atomic mass is 32.1. The Bertz CT molecular complexity index is 990. The number of anilines is 1. The fourth-order valence-electron chi connectivity index (χ4n) is 3.25. The maximum absolute atomic E-state index is 9.04. The molecule has 0 spiro atoms. The van der Waals surface area contributed by atoms with Gasteiger partial charge in [-0.05, 0) is 25.8 Å². The third-order valence-electron chi connectivity index (χ3n) is 4.65. The summed E-state index contributed by atoms with van der Waals surface area (Å²) in [4.78, 5) is 26.8. The normalized spacial score (nSPS) is 15.7. The van der Waals surface area contributed by atoms with Crippen molar-refractivity contribution in [3.8, 4) is 10.6 Å². The van der Waals surface area contributed by atoms with Crippen LogP contribution in [0.25, 0.3) is 10.6 Å². The SMILES string of the molecule is Cc1cc(-c2c[nH]/c(=N/c3cnc(CO)cn3)s2)nc(NC2CCCCC2)n1. The minimum Gasteiger partial charge on any atom is -0.390 e. The molecule has 0 radical (unpaired) electrons. The number of aliphatic hydroxyl groups is 1. The van der Waals surface area contributed by atoms with E-state index in [1.807, 2.05) is 19.2 Å². The van der Waals surface area contributed by atoms with Gasteiger partial charge >= 0.3 is 0 Å². The Labute approximate surface area is 166 Å². The molecule has 4 rings (SSSR count). The lowest BCUT2D eigenvalue weighted by molar-refractivity contribution is 0.276. The average Bonchev–Trinajstić information content (AvgIpc) is 3.17. The molecule has 0 unspecified atom stereocenters. The zero-order valence-corrected chi connectivity index (χ0v) is 16.5. The largest absolute Gasteiger partial charge is 0.390 e. The summed E-state index contributed by atoms with van der Waals surface area (Å²) >= 11 is 1.50. The second-order valence-electron chi connectivity index (χ2n) is 6.89. The van der Waals surface area contributed by atoms with Crippen LogP contribution in [-0.4, -0.2) is 36.1 Å². The molecule has 1 aliphatic rings. The van der Waals surface area contributed by atoms with Crippen molar-refractivity contribution in [2.24, 2.45) is 4.99 Å². The minimum absolute atomic E-state index is 0.132. The summed E-state index contributed by atoms with van der Waals surface area (Å²) in [6.07, 6.45) is 11.2. The molecule has 1 saturated carbocycles. The van der Waals surface area contributed by atoms with Gasteiger partial charge in [-0.1, -0.05) is 30.6 Å². The van der Waals surface area contributed by atoms with Gasteiger partial charge < -0.3 is 15.4 Å². The van der Waals surface area contributed by atoms with Crippen molar-refractivity contribution in [2.45, 2.75) is 51.7 Å². The number of rotatable bonds is 5. The maximum Gasteiger partial charge on any atom is 0.223 e. The van der Waals surface area contributed by atoms with Gasteiger partial charge in [0.2, 0.25) is 5.95 Å². The summed E-state index contributed by atoms with van der Waals surface area (Å²) in [7, 11) is 0. The first-order chi connectivity index (χ1) is 13.7. The summed E-state index contributed by atoms with van der Waals surface area (Å²) in [6, 6.07) is 2.44. The van der Waals surface area contributed by atoms with Crippen LogP contribution in [0.5, 0.6) is 0 Å². The molecule has 3 aromatic heterocycles. The van der Waals surface area contributed by atoms with E-state index in [9.17, 15) is 0 Å². The lowest BCUT2D eigenvalue weighted by Gasteiger charge is -2.22. The van der Waals surface area contributed by atoms with Crippen LogP contribution in [0.4, 0.5) is 11.8 Å². The van der Waals surface area contributed by atoms with Crippen molar-refractivity contribution >= 4 is 23.1 Å². The molecule has 28 heavy (non-hydrogen) atoms. The van der Waals surface area contributed by atoms with Gasteiger partial charge in [-0.3, -0.25) is 4.98 Å². The summed E-state index contributed by atoms with van der Waals surface area (Å²) < 4.78 is 0. The molecule has 9 heteroatoms. The highest BCUT2D eigenvalue weighted by Gasteiger charge is 2.15. The maximum atomic E-state index is 9.04. The van der Waals surface area contributed by atoms with Gasteiger partial charge in [0.15, 0.2) is 10.6 Å². The van der Waals surface area contributed by atoms with Crippen LogP contribution in [0.15, 0.2) is 29.6 Å². The molecule has 1 aliphatic carbocycles. The number of hydrogen-bond donors (Lipinski definition) is 3. The van der Waals surface area contributed by atoms with Crippen molar-refractivity contribution in [3.63, 3.8) is 0 Å². The first kappa shape index (κ1) is 18.7. The Morgan fingerprint density at radius 3 is 2.82 bits per heavy atom. The van der Waals surface area contributed by atoms with Gasteiger partial charge in [0.05, 0.1) is 35.3 Å². The minimum atomic E-state index is -0.132. The number of aromatic nitrogens is 5. The molecular formula is C19H23N7OS. The molecule has 0 aliphatic heterocycles. The number of aryl methyl sites for hydroxylation is 1. The summed E-state index contributed by atoms with van der Waals surface area (Å²) in [5.41, 5.74) is 2.32. The van der Waals surface area contributed by atoms with Crippen LogP contribution in [0.3, 0.4) is 0 Å². The van der Waals surface area contributed by atoms with Crippen LogP contribution in [-0.2, 0) is 6.61 Å². The van der Waals surface area contributed by atoms with Gasteiger partial charge in [-0.25, -0.2) is 15.0 Å². The molecule has 0 bridgehead atoms. The van der Waals surface area contributed by atoms with Crippen LogP contribution >= 0.6 is 11.3 Å². The lowest BCUT2D eigenvalue weighted by atomic mass is 9.96. The van der Waals surface area contributed by atoms with Crippen molar-refractivity contribution in [1.29, 1.82) is 0 Å². The Morgan fingerprint density at radius 1 is 1.21 bits per heavy atom. The van der Waals surface area contributed by atoms with Crippen molar-refractivity contribution in [2.75, 3.05) is 5.32 Å². The second kappa shape index (κ2) is 8.57. The van der Waals surface area contributed by atoms with Crippen LogP contribution in [0.2, 0.25) is 0 Å². The number of aromatic amines is 1. The van der Waals surface area contributed by atoms with Gasteiger partial charge in [-0.15, -0.1) is 0 Å². The second-order valence-corrected chi connectivity index (χ2v) is 7.92. The predicted octanol–water partition coefficient (Wildman–Crippen LogP) is 3.10. The number of H-pyrrole nitrogens is 1. The highest BCUT2D eigenvalue weighted by Crippen LogP contribution is 2.24. The standard InChI is InChI=1S/C19H23N7OS/c1-12-7-15(25-18(23-12)24-13-5-3-2-4-6-13)16-9-22-19(28-16)26-17-10-20-14(11-27)8-21-17/h7-10,13,27H,2-6,11H2,1H3,(H,21,22,26)(H,23,24,25). The van der Waals surface area contributed by atoms with E-state index in [2.05, 4.69) is 30.2 Å². The van der Waals surface area contributed by atoms with Gasteiger partial charge in [-0.2, -0.15) is 4.99 Å². The molecule has 1 fully saturated rings. The van der Waals surface area contributed by atoms with E-state index in [0.717, 1.165) is 16.3 Å². The fourth-order valence-corrected chi connectivity index (χ4v) is 4.04. The topological polar surface area (TPSA) is 112 Å². The van der Waals surface area contributed by atoms with Crippen molar-refractivity contribution < 1.29 is 5.11 Å². The smallest absolute Gasteiger partial charge is 0.223 e. The molecule has 3 N–H and O–H groups in total. The molecule has 0 atom stereocenters. The first-order valence-corrected chi connectivity index (χ1v) is 10.3. The molecule has 8 nitrogen and oxygen atoms in total. The molecule has 146 valence electrons. The summed E-state index contributed by atoms with van der Waals surface area (Å²) in [5, 5.41) is 12.5. The Morgan fingerprint density at radius 2 is 2.07 bits per heavy atom. The fraction of sp³-hybridized carbons (Fsp3) is 0.421. The zero-order valence-electron chi connectivity index (χ0n) is 15.7. The molecule has 0 amide bonds. The third kappa shape index (κ3) is 4.60. The third-order valence-corrected chi connectivity index (χ3v) is 5.60. The summed E-state index contributed by atoms with van der Waals surface area (Å²) in [6.45, 7) is 1.85. The molecule has 3 aromatic rings. The predicted molar refractivity (Wildman–Crippen MR) is 108 cm³/mol. The van der Waals surface area contributed by atoms with E-state index < -0.39 is 0 Å². The van der Waals surface area contributed by atoms with Gasteiger partial charge in [0.25, 0.3) is 0 Å². The summed E-state index contributed by atoms with van der Waals surface area (Å²) in [5.74, 6) is 1.18. The monoisotopic (exact) mass is 397 g/mol. The van der Waals surface area contributed by atoms with Crippen LogP contribution < -0.4 is 10.1 Å². The molecule has 0 saturated heterocycles. The van der Waals surface area contributed by atoms with Crippen molar-refractivity contribution in [1.82, 2.24) is 24.9 Å². The Balaban J connectivity index is 1.56. The van der Waals surface area contributed by atoms with E-state index in [4.69, 9.17) is 10.1 Å². The number of nitrogens with zero attached hydrogens (tertiary/aromatic N) is 5. The average molecular weight is 398 g/mol. The van der Waals surface area contributed by atoms with Crippen LogP contribution in [0, 0.1) is 6.92 Å². The first-order valence-electron chi connectivity index (χ1n) is 9.47. The van der Waals surface area contributed by atoms with E-state index >= 15 is 0 Å². The number of nitrogens with one attached hydrogen (secondary N) is 2. The Kier molecular flexibility index (Phi) is 5.73. The van der Waals surface area contributed by atoms with E-state index in [1.165, 1.54) is 49.6 Å². The molecule has 3 heterocycles. The number of hydrogen-bond acceptors (Lipinski definition) is 8. The molecular weight excluding hydrogens is 374 g/mol. The van der Waals surface area contributed by atoms with E-state index in [0.29, 0.717) is 28.3 Å². The van der Waals surface area contributed by atoms with Crippen LogP contribution in [0.1, 0.15) is 43.5 Å². The Hall–Kier alpha value is -2.65. The van der Waals surface area contributed by atoms with E-state index in [-0.39, 0.29) is 6.61 Å². The van der Waals surface area contributed by atoms with E-state index in [1.54, 1.807) is 6.20 Å². The number of aliphatic hydroxyl groups excluding tert-OH is 1.